The number of hydrogen-bond acceptors (Lipinski definition) is 4. The quantitative estimate of drug-likeness (QED) is 0.524. The lowest BCUT2D eigenvalue weighted by Gasteiger charge is -2.08. The molecule has 0 unspecified atom stereocenters. The van der Waals surface area contributed by atoms with Crippen molar-refractivity contribution in [2.24, 2.45) is 7.05 Å². The minimum absolute atomic E-state index is 0.159. The molecule has 0 aliphatic carbocycles. The summed E-state index contributed by atoms with van der Waals surface area (Å²) in [6.07, 6.45) is 1.90. The molecule has 0 fully saturated rings. The summed E-state index contributed by atoms with van der Waals surface area (Å²) in [5, 5.41) is 19.4. The molecule has 0 radical (unpaired) electrons. The van der Waals surface area contributed by atoms with E-state index in [0.29, 0.717) is 27.6 Å². The number of nitrogens with zero attached hydrogens (tertiary/aromatic N) is 5. The molecule has 136 valence electrons. The first kappa shape index (κ1) is 16.2. The van der Waals surface area contributed by atoms with E-state index < -0.39 is 5.97 Å². The maximum atomic E-state index is 12.1. The first-order valence-electron chi connectivity index (χ1n) is 8.73. The lowest BCUT2D eigenvalue weighted by atomic mass is 10.0. The van der Waals surface area contributed by atoms with Crippen LogP contribution in [-0.4, -0.2) is 35.6 Å². The molecule has 7 heteroatoms. The first-order chi connectivity index (χ1) is 13.6. The molecule has 0 bridgehead atoms. The van der Waals surface area contributed by atoms with Gasteiger partial charge in [-0.3, -0.25) is 0 Å². The van der Waals surface area contributed by atoms with Crippen LogP contribution >= 0.6 is 0 Å². The minimum Gasteiger partial charge on any atom is -0.478 e. The topological polar surface area (TPSA) is 85.8 Å². The number of carboxylic acid groups (broad SMARTS) is 1. The fraction of sp³-hybridized carbons (Fsp3) is 0.0476. The third kappa shape index (κ3) is 2.44. The van der Waals surface area contributed by atoms with E-state index in [0.717, 1.165) is 11.4 Å². The molecule has 0 aliphatic rings. The van der Waals surface area contributed by atoms with Gasteiger partial charge in [0.2, 0.25) is 0 Å². The van der Waals surface area contributed by atoms with Crippen LogP contribution in [-0.2, 0) is 7.05 Å². The molecule has 3 aromatic heterocycles. The van der Waals surface area contributed by atoms with Gasteiger partial charge in [0.25, 0.3) is 0 Å². The number of aromatic nitrogens is 5. The third-order valence-electron chi connectivity index (χ3n) is 4.75. The van der Waals surface area contributed by atoms with Crippen molar-refractivity contribution >= 4 is 27.9 Å². The molecule has 0 amide bonds. The van der Waals surface area contributed by atoms with E-state index in [1.807, 2.05) is 66.3 Å². The Morgan fingerprint density at radius 1 is 0.964 bits per heavy atom. The lowest BCUT2D eigenvalue weighted by Crippen LogP contribution is -2.02. The van der Waals surface area contributed by atoms with E-state index in [1.54, 1.807) is 12.1 Å². The van der Waals surface area contributed by atoms with Crippen molar-refractivity contribution in [2.75, 3.05) is 0 Å². The van der Waals surface area contributed by atoms with E-state index in [2.05, 4.69) is 10.2 Å². The maximum Gasteiger partial charge on any atom is 0.336 e. The molecular weight excluding hydrogens is 354 g/mol. The van der Waals surface area contributed by atoms with Crippen molar-refractivity contribution in [3.63, 3.8) is 0 Å². The minimum atomic E-state index is -1.02. The van der Waals surface area contributed by atoms with Crippen LogP contribution in [0.25, 0.3) is 39.0 Å². The highest BCUT2D eigenvalue weighted by Crippen LogP contribution is 2.29. The zero-order valence-corrected chi connectivity index (χ0v) is 14.9. The molecule has 0 spiro atoms. The molecule has 2 aromatic carbocycles. The first-order valence-corrected chi connectivity index (χ1v) is 8.73. The summed E-state index contributed by atoms with van der Waals surface area (Å²) < 4.78 is 1.91. The summed E-state index contributed by atoms with van der Waals surface area (Å²) in [6.45, 7) is 0. The summed E-state index contributed by atoms with van der Waals surface area (Å²) in [5.74, 6) is -1.02. The van der Waals surface area contributed by atoms with Crippen LogP contribution in [0.3, 0.4) is 0 Å². The molecule has 0 atom stereocenters. The molecule has 0 aliphatic heterocycles. The second kappa shape index (κ2) is 6.02. The number of aryl methyl sites for hydroxylation is 1. The van der Waals surface area contributed by atoms with Crippen molar-refractivity contribution in [3.05, 3.63) is 72.4 Å². The van der Waals surface area contributed by atoms with Crippen molar-refractivity contribution in [3.8, 4) is 17.1 Å². The Hall–Kier alpha value is -4.00. The van der Waals surface area contributed by atoms with Gasteiger partial charge in [-0.1, -0.05) is 18.2 Å². The largest absolute Gasteiger partial charge is 0.478 e. The van der Waals surface area contributed by atoms with E-state index in [9.17, 15) is 9.90 Å². The van der Waals surface area contributed by atoms with Crippen LogP contribution in [0.2, 0.25) is 0 Å². The van der Waals surface area contributed by atoms with Crippen molar-refractivity contribution in [1.82, 2.24) is 24.5 Å². The second-order valence-corrected chi connectivity index (χ2v) is 6.52. The predicted octanol–water partition coefficient (Wildman–Crippen LogP) is 3.67. The van der Waals surface area contributed by atoms with Gasteiger partial charge in [-0.15, -0.1) is 10.2 Å². The van der Waals surface area contributed by atoms with Crippen LogP contribution < -0.4 is 0 Å². The second-order valence-electron chi connectivity index (χ2n) is 6.52. The normalized spacial score (nSPS) is 11.3. The number of carbonyl (C=O) groups is 1. The summed E-state index contributed by atoms with van der Waals surface area (Å²) in [6, 6.07) is 18.5. The molecule has 7 nitrogen and oxygen atoms in total. The van der Waals surface area contributed by atoms with Gasteiger partial charge in [0, 0.05) is 18.6 Å². The molecule has 0 saturated carbocycles. The standard InChI is InChI=1S/C21H15N5O2/c1-25-11-5-8-18(25)17-12-14(21(27)28)19-15(22-17)9-10-16-20(19)24-26(23-16)13-6-3-2-4-7-13/h2-12H,1H3,(H,27,28). The van der Waals surface area contributed by atoms with E-state index in [-0.39, 0.29) is 5.56 Å². The molecule has 0 saturated heterocycles. The average molecular weight is 369 g/mol. The average Bonchev–Trinajstić information content (AvgIpc) is 3.33. The molecular formula is C21H15N5O2. The van der Waals surface area contributed by atoms with Crippen LogP contribution in [0.4, 0.5) is 0 Å². The highest BCUT2D eigenvalue weighted by Gasteiger charge is 2.19. The van der Waals surface area contributed by atoms with Gasteiger partial charge in [-0.05, 0) is 42.5 Å². The van der Waals surface area contributed by atoms with Gasteiger partial charge in [-0.2, -0.15) is 4.80 Å². The SMILES string of the molecule is Cn1cccc1-c1cc(C(=O)O)c2c(ccc3nn(-c4ccccc4)nc32)n1. The number of aromatic carboxylic acids is 1. The summed E-state index contributed by atoms with van der Waals surface area (Å²) in [4.78, 5) is 18.3. The Morgan fingerprint density at radius 3 is 2.46 bits per heavy atom. The number of pyridine rings is 1. The number of benzene rings is 2. The molecule has 1 N–H and O–H groups in total. The molecule has 5 aromatic rings. The zero-order valence-electron chi connectivity index (χ0n) is 14.9. The van der Waals surface area contributed by atoms with E-state index >= 15 is 0 Å². The van der Waals surface area contributed by atoms with Crippen LogP contribution in [0.1, 0.15) is 10.4 Å². The summed E-state index contributed by atoms with van der Waals surface area (Å²) >= 11 is 0. The maximum absolute atomic E-state index is 12.1. The van der Waals surface area contributed by atoms with Crippen LogP contribution in [0.5, 0.6) is 0 Å². The Labute approximate surface area is 159 Å². The Bertz CT molecular complexity index is 1350. The number of rotatable bonds is 3. The van der Waals surface area contributed by atoms with Gasteiger partial charge in [0.15, 0.2) is 0 Å². The Balaban J connectivity index is 1.82. The Morgan fingerprint density at radius 2 is 1.75 bits per heavy atom. The van der Waals surface area contributed by atoms with Crippen molar-refractivity contribution in [2.45, 2.75) is 0 Å². The van der Waals surface area contributed by atoms with Gasteiger partial charge in [-0.25, -0.2) is 9.78 Å². The molecule has 28 heavy (non-hydrogen) atoms. The summed E-state index contributed by atoms with van der Waals surface area (Å²) in [5.41, 5.74) is 4.12. The van der Waals surface area contributed by atoms with Gasteiger partial charge in [0.05, 0.1) is 28.2 Å². The number of carboxylic acids is 1. The molecule has 5 rings (SSSR count). The fourth-order valence-corrected chi connectivity index (χ4v) is 3.40. The van der Waals surface area contributed by atoms with Gasteiger partial charge < -0.3 is 9.67 Å². The van der Waals surface area contributed by atoms with Gasteiger partial charge >= 0.3 is 5.97 Å². The van der Waals surface area contributed by atoms with E-state index in [4.69, 9.17) is 4.98 Å². The predicted molar refractivity (Wildman–Crippen MR) is 106 cm³/mol. The smallest absolute Gasteiger partial charge is 0.336 e. The van der Waals surface area contributed by atoms with Crippen molar-refractivity contribution < 1.29 is 9.90 Å². The van der Waals surface area contributed by atoms with Crippen LogP contribution in [0.15, 0.2) is 66.9 Å². The third-order valence-corrected chi connectivity index (χ3v) is 4.75. The zero-order chi connectivity index (χ0) is 19.3. The van der Waals surface area contributed by atoms with E-state index in [1.165, 1.54) is 4.80 Å². The number of para-hydroxylation sites is 1. The number of fused-ring (bicyclic) bond motifs is 3. The van der Waals surface area contributed by atoms with Crippen molar-refractivity contribution in [1.29, 1.82) is 0 Å². The molecule has 3 heterocycles. The summed E-state index contributed by atoms with van der Waals surface area (Å²) in [7, 11) is 1.90. The monoisotopic (exact) mass is 369 g/mol. The lowest BCUT2D eigenvalue weighted by molar-refractivity contribution is 0.0699. The fourth-order valence-electron chi connectivity index (χ4n) is 3.40. The highest BCUT2D eigenvalue weighted by atomic mass is 16.4. The number of hydrogen-bond donors (Lipinski definition) is 1. The Kier molecular flexibility index (Phi) is 3.48. The van der Waals surface area contributed by atoms with Gasteiger partial charge in [0.1, 0.15) is 11.0 Å². The highest BCUT2D eigenvalue weighted by molar-refractivity contribution is 6.13. The van der Waals surface area contributed by atoms with Crippen LogP contribution in [0, 0.1) is 0 Å².